The van der Waals surface area contributed by atoms with Gasteiger partial charge in [-0.3, -0.25) is 0 Å². The molecule has 2 atom stereocenters. The first kappa shape index (κ1) is 12.9. The van der Waals surface area contributed by atoms with Gasteiger partial charge in [0.2, 0.25) is 0 Å². The molecule has 0 amide bonds. The Morgan fingerprint density at radius 3 is 2.47 bits per heavy atom. The van der Waals surface area contributed by atoms with Gasteiger partial charge >= 0.3 is 0 Å². The monoisotopic (exact) mass is 217 g/mol. The smallest absolute Gasteiger partial charge is 0.0615 e. The van der Waals surface area contributed by atoms with Gasteiger partial charge in [0.25, 0.3) is 0 Å². The lowest BCUT2D eigenvalue weighted by Crippen LogP contribution is -2.56. The molecule has 1 fully saturated rings. The second kappa shape index (κ2) is 5.80. The summed E-state index contributed by atoms with van der Waals surface area (Å²) in [5.41, 5.74) is -0.185. The maximum Gasteiger partial charge on any atom is 0.0615 e. The number of nitrogens with one attached hydrogen (secondary N) is 1. The van der Waals surface area contributed by atoms with Crippen molar-refractivity contribution >= 4 is 0 Å². The van der Waals surface area contributed by atoms with Crippen LogP contribution in [0.25, 0.3) is 0 Å². The molecule has 4 nitrogen and oxygen atoms in total. The van der Waals surface area contributed by atoms with Crippen molar-refractivity contribution in [3.63, 3.8) is 0 Å². The number of rotatable bonds is 5. The Hall–Kier alpha value is -0.160. The highest BCUT2D eigenvalue weighted by Crippen LogP contribution is 2.28. The minimum atomic E-state index is -0.185. The molecular formula is C11H23NO3. The van der Waals surface area contributed by atoms with E-state index in [0.717, 1.165) is 19.4 Å². The van der Waals surface area contributed by atoms with Crippen LogP contribution >= 0.6 is 0 Å². The molecule has 0 spiro atoms. The number of methoxy groups -OCH3 is 1. The van der Waals surface area contributed by atoms with E-state index in [-0.39, 0.29) is 24.4 Å². The Kier molecular flexibility index (Phi) is 4.99. The largest absolute Gasteiger partial charge is 0.394 e. The van der Waals surface area contributed by atoms with Gasteiger partial charge in [0.1, 0.15) is 0 Å². The average molecular weight is 217 g/mol. The Bertz CT molecular complexity index is 177. The first-order valence-corrected chi connectivity index (χ1v) is 5.62. The molecule has 0 bridgehead atoms. The lowest BCUT2D eigenvalue weighted by Gasteiger charge is -2.42. The summed E-state index contributed by atoms with van der Waals surface area (Å²) in [6.07, 6.45) is 2.13. The van der Waals surface area contributed by atoms with Crippen molar-refractivity contribution in [1.82, 2.24) is 5.32 Å². The zero-order valence-electron chi connectivity index (χ0n) is 9.95. The topological polar surface area (TPSA) is 50.7 Å². The van der Waals surface area contributed by atoms with Crippen molar-refractivity contribution in [2.45, 2.75) is 44.4 Å². The van der Waals surface area contributed by atoms with Gasteiger partial charge in [0.05, 0.1) is 25.4 Å². The van der Waals surface area contributed by atoms with Crippen molar-refractivity contribution < 1.29 is 14.6 Å². The van der Waals surface area contributed by atoms with Crippen LogP contribution in [-0.2, 0) is 9.47 Å². The van der Waals surface area contributed by atoms with E-state index in [1.807, 2.05) is 0 Å². The van der Waals surface area contributed by atoms with Crippen LogP contribution in [0.4, 0.5) is 0 Å². The summed E-state index contributed by atoms with van der Waals surface area (Å²) in [6.45, 7) is 5.72. The van der Waals surface area contributed by atoms with Crippen LogP contribution in [0.1, 0.15) is 26.7 Å². The fraction of sp³-hybridized carbons (Fsp3) is 1.00. The standard InChI is InChI=1S/C11H23NO3/c1-9-6-11(8-13,7-10(2)15-9)12-4-5-14-3/h9-10,12-13H,4-8H2,1-3H3. The van der Waals surface area contributed by atoms with Gasteiger partial charge in [-0.05, 0) is 26.7 Å². The molecule has 0 radical (unpaired) electrons. The summed E-state index contributed by atoms with van der Waals surface area (Å²) >= 11 is 0. The summed E-state index contributed by atoms with van der Waals surface area (Å²) < 4.78 is 10.7. The zero-order chi connectivity index (χ0) is 11.3. The van der Waals surface area contributed by atoms with Crippen LogP contribution in [0.2, 0.25) is 0 Å². The molecular weight excluding hydrogens is 194 g/mol. The van der Waals surface area contributed by atoms with Gasteiger partial charge < -0.3 is 19.9 Å². The average Bonchev–Trinajstić information content (AvgIpc) is 2.17. The first-order chi connectivity index (χ1) is 7.12. The Morgan fingerprint density at radius 2 is 2.00 bits per heavy atom. The minimum absolute atomic E-state index is 0.161. The Labute approximate surface area is 92.0 Å². The molecule has 0 aromatic heterocycles. The van der Waals surface area contributed by atoms with Crippen LogP contribution in [0.3, 0.4) is 0 Å². The predicted molar refractivity (Wildman–Crippen MR) is 58.9 cm³/mol. The van der Waals surface area contributed by atoms with Crippen molar-refractivity contribution in [2.75, 3.05) is 26.9 Å². The van der Waals surface area contributed by atoms with Gasteiger partial charge in [-0.2, -0.15) is 0 Å². The molecule has 90 valence electrons. The van der Waals surface area contributed by atoms with Gasteiger partial charge in [-0.1, -0.05) is 0 Å². The maximum absolute atomic E-state index is 9.52. The van der Waals surface area contributed by atoms with Crippen molar-refractivity contribution in [1.29, 1.82) is 0 Å². The summed E-state index contributed by atoms with van der Waals surface area (Å²) in [5, 5.41) is 12.9. The van der Waals surface area contributed by atoms with E-state index in [2.05, 4.69) is 19.2 Å². The van der Waals surface area contributed by atoms with Gasteiger partial charge in [0, 0.05) is 19.2 Å². The minimum Gasteiger partial charge on any atom is -0.394 e. The third kappa shape index (κ3) is 3.72. The van der Waals surface area contributed by atoms with Crippen LogP contribution in [0.5, 0.6) is 0 Å². The molecule has 2 unspecified atom stereocenters. The molecule has 0 aromatic rings. The molecule has 1 saturated heterocycles. The second-order valence-corrected chi connectivity index (χ2v) is 4.52. The normalized spacial score (nSPS) is 36.8. The highest BCUT2D eigenvalue weighted by molar-refractivity contribution is 4.94. The Balaban J connectivity index is 2.49. The Morgan fingerprint density at radius 1 is 1.40 bits per heavy atom. The van der Waals surface area contributed by atoms with Gasteiger partial charge in [-0.15, -0.1) is 0 Å². The molecule has 1 heterocycles. The lowest BCUT2D eigenvalue weighted by molar-refractivity contribution is -0.0819. The summed E-state index contributed by atoms with van der Waals surface area (Å²) in [5.74, 6) is 0. The highest BCUT2D eigenvalue weighted by atomic mass is 16.5. The first-order valence-electron chi connectivity index (χ1n) is 5.62. The molecule has 0 aromatic carbocycles. The number of aliphatic hydroxyl groups is 1. The van der Waals surface area contributed by atoms with Crippen molar-refractivity contribution in [2.24, 2.45) is 0 Å². The van der Waals surface area contributed by atoms with Crippen molar-refractivity contribution in [3.8, 4) is 0 Å². The number of aliphatic hydroxyl groups excluding tert-OH is 1. The number of hydrogen-bond donors (Lipinski definition) is 2. The van der Waals surface area contributed by atoms with Crippen LogP contribution in [0.15, 0.2) is 0 Å². The maximum atomic E-state index is 9.52. The van der Waals surface area contributed by atoms with E-state index in [1.54, 1.807) is 7.11 Å². The second-order valence-electron chi connectivity index (χ2n) is 4.52. The fourth-order valence-electron chi connectivity index (χ4n) is 2.42. The quantitative estimate of drug-likeness (QED) is 0.660. The summed E-state index contributed by atoms with van der Waals surface area (Å²) in [6, 6.07) is 0. The van der Waals surface area contributed by atoms with Gasteiger partial charge in [0.15, 0.2) is 0 Å². The van der Waals surface area contributed by atoms with Gasteiger partial charge in [-0.25, -0.2) is 0 Å². The lowest BCUT2D eigenvalue weighted by atomic mass is 9.85. The molecule has 0 aliphatic carbocycles. The fourth-order valence-corrected chi connectivity index (χ4v) is 2.42. The van der Waals surface area contributed by atoms with E-state index >= 15 is 0 Å². The number of ether oxygens (including phenoxy) is 2. The van der Waals surface area contributed by atoms with E-state index < -0.39 is 0 Å². The zero-order valence-corrected chi connectivity index (χ0v) is 9.95. The number of hydrogen-bond acceptors (Lipinski definition) is 4. The molecule has 15 heavy (non-hydrogen) atoms. The van der Waals surface area contributed by atoms with Crippen molar-refractivity contribution in [3.05, 3.63) is 0 Å². The molecule has 0 saturated carbocycles. The van der Waals surface area contributed by atoms with Crippen LogP contribution < -0.4 is 5.32 Å². The summed E-state index contributed by atoms with van der Waals surface area (Å²) in [7, 11) is 1.68. The summed E-state index contributed by atoms with van der Waals surface area (Å²) in [4.78, 5) is 0. The molecule has 1 aliphatic rings. The highest BCUT2D eigenvalue weighted by Gasteiger charge is 2.37. The van der Waals surface area contributed by atoms with Crippen LogP contribution in [-0.4, -0.2) is 49.7 Å². The third-order valence-corrected chi connectivity index (χ3v) is 2.93. The van der Waals surface area contributed by atoms with Crippen LogP contribution in [0, 0.1) is 0 Å². The molecule has 1 aliphatic heterocycles. The van der Waals surface area contributed by atoms with E-state index in [1.165, 1.54) is 0 Å². The third-order valence-electron chi connectivity index (χ3n) is 2.93. The SMILES string of the molecule is COCCNC1(CO)CC(C)OC(C)C1. The predicted octanol–water partition coefficient (Wildman–Crippen LogP) is 0.541. The van der Waals surface area contributed by atoms with E-state index in [9.17, 15) is 5.11 Å². The molecule has 4 heteroatoms. The van der Waals surface area contributed by atoms with E-state index in [0.29, 0.717) is 6.61 Å². The molecule has 2 N–H and O–H groups in total. The molecule has 1 rings (SSSR count). The van der Waals surface area contributed by atoms with E-state index in [4.69, 9.17) is 9.47 Å².